The van der Waals surface area contributed by atoms with Crippen molar-refractivity contribution in [2.75, 3.05) is 18.4 Å². The molecule has 1 heterocycles. The lowest BCUT2D eigenvalue weighted by molar-refractivity contribution is 0.102. The summed E-state index contributed by atoms with van der Waals surface area (Å²) < 4.78 is 40.2. The van der Waals surface area contributed by atoms with Gasteiger partial charge in [0.2, 0.25) is 10.0 Å². The summed E-state index contributed by atoms with van der Waals surface area (Å²) in [7, 11) is -3.79. The Morgan fingerprint density at radius 1 is 1.26 bits per heavy atom. The Hall–Kier alpha value is -2.29. The number of anilines is 1. The lowest BCUT2D eigenvalue weighted by Gasteiger charge is -2.29. The number of hydrogen-bond donors (Lipinski definition) is 2. The number of nitrogens with one attached hydrogen (secondary N) is 1. The number of β-amino-alcohol motifs (C(OH)–C–C–N with tert-alkyl or cyclic N) is 1. The van der Waals surface area contributed by atoms with Gasteiger partial charge in [-0.1, -0.05) is 6.07 Å². The van der Waals surface area contributed by atoms with Gasteiger partial charge in [-0.2, -0.15) is 4.31 Å². The van der Waals surface area contributed by atoms with E-state index < -0.39 is 22.0 Å². The monoisotopic (exact) mass is 392 g/mol. The third kappa shape index (κ3) is 4.35. The van der Waals surface area contributed by atoms with Crippen LogP contribution < -0.4 is 5.32 Å². The number of sulfonamides is 1. The van der Waals surface area contributed by atoms with Crippen molar-refractivity contribution in [2.24, 2.45) is 0 Å². The molecule has 1 amide bonds. The predicted octanol–water partition coefficient (Wildman–Crippen LogP) is 2.53. The van der Waals surface area contributed by atoms with Gasteiger partial charge in [0.25, 0.3) is 5.91 Å². The molecule has 6 nitrogen and oxygen atoms in total. The number of aliphatic hydroxyl groups is 1. The fourth-order valence-electron chi connectivity index (χ4n) is 3.01. The third-order valence-corrected chi connectivity index (χ3v) is 6.37. The van der Waals surface area contributed by atoms with Crippen molar-refractivity contribution < 1.29 is 22.7 Å². The Labute approximate surface area is 157 Å². The zero-order valence-electron chi connectivity index (χ0n) is 14.9. The second-order valence-corrected chi connectivity index (χ2v) is 8.54. The number of rotatable bonds is 4. The van der Waals surface area contributed by atoms with E-state index in [9.17, 15) is 22.7 Å². The van der Waals surface area contributed by atoms with E-state index in [1.807, 2.05) is 0 Å². The van der Waals surface area contributed by atoms with Crippen LogP contribution in [0.5, 0.6) is 0 Å². The number of hydrogen-bond acceptors (Lipinski definition) is 4. The second-order valence-electron chi connectivity index (χ2n) is 6.61. The Morgan fingerprint density at radius 2 is 2.04 bits per heavy atom. The molecular weight excluding hydrogens is 371 g/mol. The minimum atomic E-state index is -3.79. The number of halogens is 1. The molecule has 1 saturated heterocycles. The summed E-state index contributed by atoms with van der Waals surface area (Å²) in [5.41, 5.74) is 0.995. The first-order chi connectivity index (χ1) is 12.8. The molecule has 0 saturated carbocycles. The summed E-state index contributed by atoms with van der Waals surface area (Å²) >= 11 is 0. The molecule has 27 heavy (non-hydrogen) atoms. The molecule has 2 N–H and O–H groups in total. The Morgan fingerprint density at radius 3 is 2.74 bits per heavy atom. The zero-order chi connectivity index (χ0) is 19.6. The van der Waals surface area contributed by atoms with Gasteiger partial charge in [-0.05, 0) is 61.7 Å². The van der Waals surface area contributed by atoms with Gasteiger partial charge in [0.05, 0.1) is 11.0 Å². The van der Waals surface area contributed by atoms with Crippen LogP contribution in [0.3, 0.4) is 0 Å². The summed E-state index contributed by atoms with van der Waals surface area (Å²) in [6.07, 6.45) is 0.484. The Balaban J connectivity index is 1.82. The van der Waals surface area contributed by atoms with Crippen LogP contribution in [0.4, 0.5) is 10.1 Å². The smallest absolute Gasteiger partial charge is 0.255 e. The van der Waals surface area contributed by atoms with Crippen LogP contribution >= 0.6 is 0 Å². The van der Waals surface area contributed by atoms with Crippen LogP contribution in [-0.2, 0) is 10.0 Å². The normalized spacial score (nSPS) is 18.3. The van der Waals surface area contributed by atoms with E-state index in [1.165, 1.54) is 46.8 Å². The molecule has 0 spiro atoms. The third-order valence-electron chi connectivity index (χ3n) is 4.51. The molecule has 3 rings (SSSR count). The van der Waals surface area contributed by atoms with Gasteiger partial charge >= 0.3 is 0 Å². The molecule has 2 aromatic carbocycles. The topological polar surface area (TPSA) is 86.7 Å². The molecule has 1 fully saturated rings. The second kappa shape index (κ2) is 7.75. The van der Waals surface area contributed by atoms with Crippen molar-refractivity contribution in [3.05, 3.63) is 59.4 Å². The lowest BCUT2D eigenvalue weighted by Crippen LogP contribution is -2.42. The summed E-state index contributed by atoms with van der Waals surface area (Å²) in [6, 6.07) is 9.94. The van der Waals surface area contributed by atoms with E-state index in [1.54, 1.807) is 6.92 Å². The van der Waals surface area contributed by atoms with Gasteiger partial charge in [0.15, 0.2) is 0 Å². The van der Waals surface area contributed by atoms with Crippen molar-refractivity contribution in [1.29, 1.82) is 0 Å². The summed E-state index contributed by atoms with van der Waals surface area (Å²) in [5.74, 6) is -0.860. The molecule has 1 unspecified atom stereocenters. The van der Waals surface area contributed by atoms with Crippen LogP contribution in [0, 0.1) is 12.7 Å². The largest absolute Gasteiger partial charge is 0.392 e. The Kier molecular flexibility index (Phi) is 5.59. The number of piperidine rings is 1. The van der Waals surface area contributed by atoms with Crippen molar-refractivity contribution in [2.45, 2.75) is 30.8 Å². The number of amides is 1. The first-order valence-electron chi connectivity index (χ1n) is 8.63. The van der Waals surface area contributed by atoms with Crippen molar-refractivity contribution in [3.8, 4) is 0 Å². The van der Waals surface area contributed by atoms with Crippen LogP contribution in [0.2, 0.25) is 0 Å². The lowest BCUT2D eigenvalue weighted by atomic mass is 10.1. The summed E-state index contributed by atoms with van der Waals surface area (Å²) in [4.78, 5) is 12.5. The maximum atomic E-state index is 13.3. The van der Waals surface area contributed by atoms with E-state index in [-0.39, 0.29) is 22.8 Å². The maximum Gasteiger partial charge on any atom is 0.255 e. The summed E-state index contributed by atoms with van der Waals surface area (Å²) in [6.45, 7) is 1.98. The molecular formula is C19H21FN2O4S. The van der Waals surface area contributed by atoms with E-state index in [4.69, 9.17) is 0 Å². The van der Waals surface area contributed by atoms with Crippen molar-refractivity contribution in [3.63, 3.8) is 0 Å². The Bertz CT molecular complexity index is 962. The fourth-order valence-corrected chi connectivity index (χ4v) is 4.57. The quantitative estimate of drug-likeness (QED) is 0.837. The number of nitrogens with zero attached hydrogens (tertiary/aromatic N) is 1. The minimum Gasteiger partial charge on any atom is -0.392 e. The molecule has 0 radical (unpaired) electrons. The highest BCUT2D eigenvalue weighted by Gasteiger charge is 2.29. The van der Waals surface area contributed by atoms with E-state index in [0.717, 1.165) is 0 Å². The number of aliphatic hydroxyl groups excluding tert-OH is 1. The number of benzene rings is 2. The number of carbonyl (C=O) groups excluding carboxylic acids is 1. The van der Waals surface area contributed by atoms with Crippen LogP contribution in [-0.4, -0.2) is 42.9 Å². The highest BCUT2D eigenvalue weighted by molar-refractivity contribution is 7.89. The molecule has 0 aliphatic carbocycles. The predicted molar refractivity (Wildman–Crippen MR) is 99.5 cm³/mol. The highest BCUT2D eigenvalue weighted by atomic mass is 32.2. The first kappa shape index (κ1) is 19.5. The van der Waals surface area contributed by atoms with Gasteiger partial charge < -0.3 is 10.4 Å². The van der Waals surface area contributed by atoms with Crippen LogP contribution in [0.15, 0.2) is 47.4 Å². The van der Waals surface area contributed by atoms with Crippen LogP contribution in [0.25, 0.3) is 0 Å². The molecule has 8 heteroatoms. The van der Waals surface area contributed by atoms with Gasteiger partial charge in [0, 0.05) is 24.3 Å². The van der Waals surface area contributed by atoms with Crippen LogP contribution in [0.1, 0.15) is 28.8 Å². The molecule has 0 bridgehead atoms. The molecule has 2 aromatic rings. The maximum absolute atomic E-state index is 13.3. The van der Waals surface area contributed by atoms with E-state index in [2.05, 4.69) is 5.32 Å². The summed E-state index contributed by atoms with van der Waals surface area (Å²) in [5, 5.41) is 12.4. The zero-order valence-corrected chi connectivity index (χ0v) is 15.7. The number of carbonyl (C=O) groups is 1. The van der Waals surface area contributed by atoms with Gasteiger partial charge in [-0.15, -0.1) is 0 Å². The number of aryl methyl sites for hydroxylation is 1. The molecule has 1 aliphatic heterocycles. The average molecular weight is 392 g/mol. The first-order valence-corrected chi connectivity index (χ1v) is 10.1. The molecule has 1 atom stereocenters. The highest BCUT2D eigenvalue weighted by Crippen LogP contribution is 2.22. The molecule has 1 aliphatic rings. The average Bonchev–Trinajstić information content (AvgIpc) is 2.65. The fraction of sp³-hybridized carbons (Fsp3) is 0.316. The SMILES string of the molecule is Cc1cc(NC(=O)c2cccc(S(=O)(=O)N3CCCC(O)C3)c2)ccc1F. The van der Waals surface area contributed by atoms with E-state index >= 15 is 0 Å². The van der Waals surface area contributed by atoms with Gasteiger partial charge in [-0.3, -0.25) is 4.79 Å². The molecule has 144 valence electrons. The standard InChI is InChI=1S/C19H21FN2O4S/c1-13-10-15(7-8-18(13)20)21-19(24)14-4-2-6-17(11-14)27(25,26)22-9-3-5-16(23)12-22/h2,4,6-8,10-11,16,23H,3,5,9,12H2,1H3,(H,21,24). The van der Waals surface area contributed by atoms with Crippen molar-refractivity contribution >= 4 is 21.6 Å². The van der Waals surface area contributed by atoms with Crippen molar-refractivity contribution in [1.82, 2.24) is 4.31 Å². The van der Waals surface area contributed by atoms with E-state index in [0.29, 0.717) is 30.6 Å². The van der Waals surface area contributed by atoms with Gasteiger partial charge in [0.1, 0.15) is 5.82 Å². The molecule has 0 aromatic heterocycles. The van der Waals surface area contributed by atoms with Gasteiger partial charge in [-0.25, -0.2) is 12.8 Å². The minimum absolute atomic E-state index is 0.000429.